The van der Waals surface area contributed by atoms with Crippen molar-refractivity contribution in [1.29, 1.82) is 0 Å². The van der Waals surface area contributed by atoms with Crippen LogP contribution in [-0.4, -0.2) is 56.4 Å². The summed E-state index contributed by atoms with van der Waals surface area (Å²) >= 11 is 0. The van der Waals surface area contributed by atoms with Crippen LogP contribution in [0.2, 0.25) is 0 Å². The van der Waals surface area contributed by atoms with Gasteiger partial charge in [0.1, 0.15) is 5.25 Å². The molecule has 0 aromatic rings. The molecule has 0 saturated heterocycles. The van der Waals surface area contributed by atoms with Crippen molar-refractivity contribution in [2.45, 2.75) is 45.3 Å². The number of amides is 1. The Hall–Kier alpha value is -1.11. The van der Waals surface area contributed by atoms with Crippen molar-refractivity contribution in [2.24, 2.45) is 5.41 Å². The molecule has 1 atom stereocenters. The molecule has 1 rings (SSSR count). The number of carbonyl (C=O) groups is 2. The number of methoxy groups -OCH3 is 1. The Balaban J connectivity index is 2.77. The molecule has 0 heterocycles. The summed E-state index contributed by atoms with van der Waals surface area (Å²) in [4.78, 5) is 25.1. The minimum absolute atomic E-state index is 0.106. The summed E-state index contributed by atoms with van der Waals surface area (Å²) in [5, 5.41) is -1.06. The average Bonchev–Trinajstić information content (AvgIpc) is 3.17. The van der Waals surface area contributed by atoms with Gasteiger partial charge in [-0.05, 0) is 39.0 Å². The molecule has 1 fully saturated rings. The van der Waals surface area contributed by atoms with Crippen molar-refractivity contribution in [3.63, 3.8) is 0 Å². The van der Waals surface area contributed by atoms with Crippen LogP contribution in [0.5, 0.6) is 0 Å². The third-order valence-corrected chi connectivity index (χ3v) is 6.47. The number of esters is 1. The lowest BCUT2D eigenvalue weighted by molar-refractivity contribution is -0.141. The molecule has 0 aromatic heterocycles. The lowest BCUT2D eigenvalue weighted by Gasteiger charge is -2.24. The van der Waals surface area contributed by atoms with E-state index in [9.17, 15) is 18.0 Å². The van der Waals surface area contributed by atoms with E-state index in [1.165, 1.54) is 18.9 Å². The topological polar surface area (TPSA) is 80.8 Å². The lowest BCUT2D eigenvalue weighted by atomic mass is 10.1. The average molecular weight is 319 g/mol. The lowest BCUT2D eigenvalue weighted by Crippen LogP contribution is -2.43. The molecule has 122 valence electrons. The van der Waals surface area contributed by atoms with Crippen molar-refractivity contribution >= 4 is 21.7 Å². The summed E-state index contributed by atoms with van der Waals surface area (Å²) in [5.41, 5.74) is -0.524. The van der Waals surface area contributed by atoms with E-state index in [-0.39, 0.29) is 18.1 Å². The van der Waals surface area contributed by atoms with E-state index in [4.69, 9.17) is 0 Å². The van der Waals surface area contributed by atoms with Crippen LogP contribution in [0.3, 0.4) is 0 Å². The fourth-order valence-electron chi connectivity index (χ4n) is 2.43. The summed E-state index contributed by atoms with van der Waals surface area (Å²) in [7, 11) is -2.28. The highest BCUT2D eigenvalue weighted by atomic mass is 32.2. The Kier molecular flexibility index (Phi) is 5.78. The molecule has 1 aliphatic rings. The summed E-state index contributed by atoms with van der Waals surface area (Å²) < 4.78 is 29.5. The molecule has 0 aliphatic heterocycles. The van der Waals surface area contributed by atoms with Crippen LogP contribution in [-0.2, 0) is 24.2 Å². The monoisotopic (exact) mass is 319 g/mol. The molecule has 1 saturated carbocycles. The zero-order valence-electron chi connectivity index (χ0n) is 13.2. The molecule has 6 nitrogen and oxygen atoms in total. The first-order valence-electron chi connectivity index (χ1n) is 7.28. The van der Waals surface area contributed by atoms with Crippen molar-refractivity contribution in [3.8, 4) is 0 Å². The van der Waals surface area contributed by atoms with Crippen molar-refractivity contribution in [2.75, 3.05) is 26.0 Å². The number of carbonyl (C=O) groups excluding carboxylic acids is 2. The maximum atomic E-state index is 12.4. The van der Waals surface area contributed by atoms with Gasteiger partial charge in [0.2, 0.25) is 5.91 Å². The van der Waals surface area contributed by atoms with E-state index in [2.05, 4.69) is 4.74 Å². The van der Waals surface area contributed by atoms with Gasteiger partial charge in [-0.15, -0.1) is 0 Å². The van der Waals surface area contributed by atoms with Crippen LogP contribution in [0.1, 0.15) is 40.0 Å². The third-order valence-electron chi connectivity index (χ3n) is 4.17. The number of ether oxygens (including phenoxy) is 1. The largest absolute Gasteiger partial charge is 0.469 e. The first kappa shape index (κ1) is 17.9. The standard InChI is InChI=1S/C14H25NO5S/c1-5-15(6-2)13(17)11(3)21(18,19)10-14(7-8-14)9-12(16)20-4/h11H,5-10H2,1-4H3. The fourth-order valence-corrected chi connectivity index (χ4v) is 4.38. The number of hydrogen-bond donors (Lipinski definition) is 0. The van der Waals surface area contributed by atoms with Gasteiger partial charge >= 0.3 is 5.97 Å². The van der Waals surface area contributed by atoms with E-state index in [0.717, 1.165) is 0 Å². The van der Waals surface area contributed by atoms with Gasteiger partial charge in [-0.25, -0.2) is 8.42 Å². The van der Waals surface area contributed by atoms with E-state index in [1.807, 2.05) is 13.8 Å². The van der Waals surface area contributed by atoms with Gasteiger partial charge < -0.3 is 9.64 Å². The van der Waals surface area contributed by atoms with Gasteiger partial charge in [-0.1, -0.05) is 0 Å². The van der Waals surface area contributed by atoms with Gasteiger partial charge in [-0.3, -0.25) is 9.59 Å². The summed E-state index contributed by atoms with van der Waals surface area (Å²) in [6.45, 7) is 6.05. The maximum Gasteiger partial charge on any atom is 0.306 e. The molecule has 0 bridgehead atoms. The second kappa shape index (κ2) is 6.77. The Labute approximate surface area is 126 Å². The SMILES string of the molecule is CCN(CC)C(=O)C(C)S(=O)(=O)CC1(CC(=O)OC)CC1. The van der Waals surface area contributed by atoms with Gasteiger partial charge in [0, 0.05) is 13.1 Å². The molecule has 0 spiro atoms. The van der Waals surface area contributed by atoms with Crippen molar-refractivity contribution in [1.82, 2.24) is 4.90 Å². The van der Waals surface area contributed by atoms with E-state index in [0.29, 0.717) is 25.9 Å². The minimum Gasteiger partial charge on any atom is -0.469 e. The smallest absolute Gasteiger partial charge is 0.306 e. The summed E-state index contributed by atoms with van der Waals surface area (Å²) in [6.07, 6.45) is 1.48. The predicted molar refractivity (Wildman–Crippen MR) is 79.5 cm³/mol. The van der Waals surface area contributed by atoms with E-state index in [1.54, 1.807) is 0 Å². The molecule has 21 heavy (non-hydrogen) atoms. The summed E-state index contributed by atoms with van der Waals surface area (Å²) in [6, 6.07) is 0. The quantitative estimate of drug-likeness (QED) is 0.624. The molecule has 1 unspecified atom stereocenters. The molecule has 0 aromatic carbocycles. The van der Waals surface area contributed by atoms with Crippen LogP contribution in [0.15, 0.2) is 0 Å². The zero-order valence-corrected chi connectivity index (χ0v) is 14.0. The fraction of sp³-hybridized carbons (Fsp3) is 0.857. The molecule has 0 N–H and O–H groups in total. The molecule has 7 heteroatoms. The van der Waals surface area contributed by atoms with Gasteiger partial charge in [0.15, 0.2) is 9.84 Å². The van der Waals surface area contributed by atoms with Gasteiger partial charge in [0.05, 0.1) is 19.3 Å². The first-order chi connectivity index (χ1) is 9.71. The maximum absolute atomic E-state index is 12.4. The highest BCUT2D eigenvalue weighted by Gasteiger charge is 2.49. The van der Waals surface area contributed by atoms with Gasteiger partial charge in [-0.2, -0.15) is 0 Å². The van der Waals surface area contributed by atoms with Gasteiger partial charge in [0.25, 0.3) is 0 Å². The predicted octanol–water partition coefficient (Wildman–Crippen LogP) is 1.00. The van der Waals surface area contributed by atoms with Crippen LogP contribution in [0.4, 0.5) is 0 Å². The Morgan fingerprint density at radius 1 is 1.24 bits per heavy atom. The number of hydrogen-bond acceptors (Lipinski definition) is 5. The second-order valence-electron chi connectivity index (χ2n) is 5.71. The van der Waals surface area contributed by atoms with Crippen molar-refractivity contribution < 1.29 is 22.7 Å². The number of nitrogens with zero attached hydrogens (tertiary/aromatic N) is 1. The second-order valence-corrected chi connectivity index (χ2v) is 8.03. The van der Waals surface area contributed by atoms with Crippen LogP contribution >= 0.6 is 0 Å². The normalized spacial score (nSPS) is 17.9. The number of sulfone groups is 1. The van der Waals surface area contributed by atoms with Crippen molar-refractivity contribution in [3.05, 3.63) is 0 Å². The molecule has 1 amide bonds. The summed E-state index contributed by atoms with van der Waals surface area (Å²) in [5.74, 6) is -0.886. The Morgan fingerprint density at radius 2 is 1.76 bits per heavy atom. The van der Waals surface area contributed by atoms with E-state index >= 15 is 0 Å². The highest BCUT2D eigenvalue weighted by molar-refractivity contribution is 7.92. The highest BCUT2D eigenvalue weighted by Crippen LogP contribution is 2.50. The third kappa shape index (κ3) is 4.43. The number of rotatable bonds is 8. The molecule has 1 aliphatic carbocycles. The van der Waals surface area contributed by atoms with Crippen LogP contribution in [0, 0.1) is 5.41 Å². The Bertz CT molecular complexity index is 491. The minimum atomic E-state index is -3.57. The Morgan fingerprint density at radius 3 is 2.14 bits per heavy atom. The molecular weight excluding hydrogens is 294 g/mol. The molecule has 0 radical (unpaired) electrons. The zero-order chi connectivity index (χ0) is 16.3. The van der Waals surface area contributed by atoms with Crippen LogP contribution in [0.25, 0.3) is 0 Å². The van der Waals surface area contributed by atoms with Crippen LogP contribution < -0.4 is 0 Å². The van der Waals surface area contributed by atoms with E-state index < -0.39 is 26.5 Å². The first-order valence-corrected chi connectivity index (χ1v) is 9.00. The molecular formula is C14H25NO5S.